The summed E-state index contributed by atoms with van der Waals surface area (Å²) in [5, 5.41) is 9.08. The maximum Gasteiger partial charge on any atom is 0.330 e. The second kappa shape index (κ2) is 25.5. The number of methoxy groups -OCH3 is 2. The summed E-state index contributed by atoms with van der Waals surface area (Å²) in [6, 6.07) is 27.8. The lowest BCUT2D eigenvalue weighted by Gasteiger charge is -2.39. The normalized spacial score (nSPS) is 17.9. The van der Waals surface area contributed by atoms with Gasteiger partial charge < -0.3 is 37.0 Å². The number of nitrogens with zero attached hydrogens (tertiary/aromatic N) is 4. The van der Waals surface area contributed by atoms with Gasteiger partial charge in [0, 0.05) is 43.4 Å². The largest absolute Gasteiger partial charge is 0.497 e. The lowest BCUT2D eigenvalue weighted by molar-refractivity contribution is -0.0926. The van der Waals surface area contributed by atoms with Crippen LogP contribution < -0.4 is 20.7 Å². The highest BCUT2D eigenvalue weighted by atomic mass is 32.5. The Morgan fingerprint density at radius 1 is 0.879 bits per heavy atom. The van der Waals surface area contributed by atoms with Crippen molar-refractivity contribution in [2.75, 3.05) is 53.7 Å². The number of aryl methyl sites for hydroxylation is 1. The number of hydrogen-bond donors (Lipinski definition) is 1. The molecule has 15 nitrogen and oxygen atoms in total. The van der Waals surface area contributed by atoms with Crippen molar-refractivity contribution in [2.24, 2.45) is 0 Å². The van der Waals surface area contributed by atoms with E-state index in [2.05, 4.69) is 43.4 Å². The Morgan fingerprint density at radius 2 is 1.44 bits per heavy atom. The molecule has 1 aliphatic heterocycles. The molecule has 0 amide bonds. The molecule has 360 valence electrons. The SMILES string of the molecule is CCN(CC)P(=S)(OCCC#N)OCCCCOP(OC1CC(n2cc(C)c(=O)[nH]c2=O)OC1COC(c1ccccc1)(c1ccc(OC)cc1)c1ccc(OC)cc1)N(C(C)C)C(C)C. The fourth-order valence-electron chi connectivity index (χ4n) is 7.96. The van der Waals surface area contributed by atoms with E-state index in [1.54, 1.807) is 21.1 Å². The molecule has 3 aromatic carbocycles. The highest BCUT2D eigenvalue weighted by molar-refractivity contribution is 8.08. The van der Waals surface area contributed by atoms with Gasteiger partial charge in [-0.15, -0.1) is 0 Å². The van der Waals surface area contributed by atoms with E-state index in [0.717, 1.165) is 16.7 Å². The van der Waals surface area contributed by atoms with Gasteiger partial charge in [-0.2, -0.15) is 5.26 Å². The van der Waals surface area contributed by atoms with E-state index < -0.39 is 50.5 Å². The van der Waals surface area contributed by atoms with Crippen molar-refractivity contribution in [3.8, 4) is 17.6 Å². The van der Waals surface area contributed by atoms with Crippen LogP contribution in [0.4, 0.5) is 0 Å². The summed E-state index contributed by atoms with van der Waals surface area (Å²) in [5.41, 5.74) is 0.751. The second-order valence-electron chi connectivity index (χ2n) is 16.3. The van der Waals surface area contributed by atoms with Crippen LogP contribution in [0.15, 0.2) is 94.6 Å². The van der Waals surface area contributed by atoms with Crippen LogP contribution in [0.2, 0.25) is 0 Å². The molecule has 2 heterocycles. The molecule has 0 aliphatic carbocycles. The van der Waals surface area contributed by atoms with E-state index in [9.17, 15) is 9.59 Å². The van der Waals surface area contributed by atoms with Crippen LogP contribution in [0.5, 0.6) is 11.5 Å². The summed E-state index contributed by atoms with van der Waals surface area (Å²) in [5.74, 6) is 1.40. The van der Waals surface area contributed by atoms with Crippen molar-refractivity contribution in [3.63, 3.8) is 0 Å². The summed E-state index contributed by atoms with van der Waals surface area (Å²) in [6.07, 6.45) is 1.24. The van der Waals surface area contributed by atoms with Gasteiger partial charge >= 0.3 is 5.69 Å². The molecule has 0 spiro atoms. The number of rotatable bonds is 27. The Bertz CT molecular complexity index is 2250. The minimum Gasteiger partial charge on any atom is -0.497 e. The van der Waals surface area contributed by atoms with Crippen molar-refractivity contribution < 1.29 is 37.0 Å². The van der Waals surface area contributed by atoms with Crippen LogP contribution in [0.1, 0.15) is 95.7 Å². The smallest absolute Gasteiger partial charge is 0.330 e. The van der Waals surface area contributed by atoms with Crippen LogP contribution in [0.3, 0.4) is 0 Å². The van der Waals surface area contributed by atoms with Crippen molar-refractivity contribution in [1.82, 2.24) is 18.9 Å². The Balaban J connectivity index is 1.48. The van der Waals surface area contributed by atoms with Gasteiger partial charge in [0.2, 0.25) is 0 Å². The first kappa shape index (κ1) is 53.1. The molecular weight excluding hydrogens is 901 g/mol. The molecule has 5 rings (SSSR count). The topological polar surface area (TPSA) is 159 Å². The van der Waals surface area contributed by atoms with Crippen LogP contribution in [0, 0.1) is 18.3 Å². The quantitative estimate of drug-likeness (QED) is 0.0342. The number of hydrogen-bond acceptors (Lipinski definition) is 13. The van der Waals surface area contributed by atoms with Crippen LogP contribution in [0.25, 0.3) is 0 Å². The van der Waals surface area contributed by atoms with Crippen LogP contribution >= 0.6 is 15.2 Å². The van der Waals surface area contributed by atoms with Crippen molar-refractivity contribution in [1.29, 1.82) is 5.26 Å². The maximum atomic E-state index is 13.4. The number of aromatic amines is 1. The van der Waals surface area contributed by atoms with E-state index in [-0.39, 0.29) is 38.1 Å². The van der Waals surface area contributed by atoms with Gasteiger partial charge in [0.05, 0.1) is 59.2 Å². The summed E-state index contributed by atoms with van der Waals surface area (Å²) in [6.45, 7) is 13.7. The van der Waals surface area contributed by atoms with Crippen molar-refractivity contribution >= 4 is 27.0 Å². The molecule has 1 aliphatic rings. The molecule has 1 aromatic heterocycles. The average molecular weight is 968 g/mol. The fraction of sp³-hybridized carbons (Fsp3) is 0.521. The first-order valence-corrected chi connectivity index (χ1v) is 26.3. The van der Waals surface area contributed by atoms with E-state index in [1.807, 2.05) is 97.4 Å². The first-order chi connectivity index (χ1) is 31.7. The zero-order valence-electron chi connectivity index (χ0n) is 39.7. The second-order valence-corrected chi connectivity index (χ2v) is 21.1. The van der Waals surface area contributed by atoms with Gasteiger partial charge in [-0.1, -0.05) is 68.4 Å². The third-order valence-electron chi connectivity index (χ3n) is 11.3. The first-order valence-electron chi connectivity index (χ1n) is 22.6. The van der Waals surface area contributed by atoms with E-state index in [0.29, 0.717) is 56.2 Å². The van der Waals surface area contributed by atoms with E-state index in [4.69, 9.17) is 54.1 Å². The Morgan fingerprint density at radius 3 is 1.98 bits per heavy atom. The molecular formula is C48H67N5O10P2S. The van der Waals surface area contributed by atoms with Crippen LogP contribution in [-0.2, 0) is 45.0 Å². The zero-order chi connectivity index (χ0) is 47.9. The van der Waals surface area contributed by atoms with Gasteiger partial charge in [-0.25, -0.2) is 14.1 Å². The van der Waals surface area contributed by atoms with Gasteiger partial charge in [-0.05, 0) is 100 Å². The highest BCUT2D eigenvalue weighted by Gasteiger charge is 2.45. The summed E-state index contributed by atoms with van der Waals surface area (Å²) in [7, 11) is 1.57. The fourth-order valence-corrected chi connectivity index (χ4v) is 12.7. The summed E-state index contributed by atoms with van der Waals surface area (Å²) >= 11 is 5.91. The Hall–Kier alpha value is -3.81. The molecule has 0 bridgehead atoms. The number of aromatic nitrogens is 2. The molecule has 5 atom stereocenters. The van der Waals surface area contributed by atoms with E-state index >= 15 is 0 Å². The zero-order valence-corrected chi connectivity index (χ0v) is 42.3. The van der Waals surface area contributed by atoms with Gasteiger partial charge in [0.25, 0.3) is 20.7 Å². The number of nitrogens with one attached hydrogen (secondary N) is 1. The highest BCUT2D eigenvalue weighted by Crippen LogP contribution is 2.53. The monoisotopic (exact) mass is 967 g/mol. The van der Waals surface area contributed by atoms with Gasteiger partial charge in [0.15, 0.2) is 0 Å². The molecule has 0 radical (unpaired) electrons. The average Bonchev–Trinajstić information content (AvgIpc) is 3.71. The van der Waals surface area contributed by atoms with Crippen molar-refractivity contribution in [2.45, 2.75) is 110 Å². The third-order valence-corrected chi connectivity index (χ3v) is 17.0. The lowest BCUT2D eigenvalue weighted by atomic mass is 9.80. The van der Waals surface area contributed by atoms with E-state index in [1.165, 1.54) is 10.8 Å². The summed E-state index contributed by atoms with van der Waals surface area (Å²) < 4.78 is 57.0. The predicted molar refractivity (Wildman–Crippen MR) is 261 cm³/mol. The molecule has 18 heteroatoms. The number of unbranched alkanes of at least 4 members (excludes halogenated alkanes) is 1. The number of H-pyrrole nitrogens is 1. The minimum atomic E-state index is -2.76. The predicted octanol–water partition coefficient (Wildman–Crippen LogP) is 9.20. The Labute approximate surface area is 396 Å². The molecule has 5 unspecified atom stereocenters. The number of ether oxygens (including phenoxy) is 4. The van der Waals surface area contributed by atoms with Gasteiger partial charge in [0.1, 0.15) is 29.4 Å². The molecule has 1 fully saturated rings. The summed E-state index contributed by atoms with van der Waals surface area (Å²) in [4.78, 5) is 28.3. The maximum absolute atomic E-state index is 13.4. The van der Waals surface area contributed by atoms with Crippen molar-refractivity contribution in [3.05, 3.63) is 128 Å². The number of nitriles is 1. The molecule has 0 saturated carbocycles. The van der Waals surface area contributed by atoms with Crippen LogP contribution in [-0.4, -0.2) is 96.9 Å². The lowest BCUT2D eigenvalue weighted by Crippen LogP contribution is -2.39. The minimum absolute atomic E-state index is 0.0317. The molecule has 1 N–H and O–H groups in total. The number of benzene rings is 3. The Kier molecular flexibility index (Phi) is 20.6. The third kappa shape index (κ3) is 13.2. The van der Waals surface area contributed by atoms with Gasteiger partial charge in [-0.3, -0.25) is 14.3 Å². The standard InChI is InChI=1S/C48H67N5O10P2S/c1-10-51(11-2)65(66,61-31-17-28-49)60-30-16-15-29-59-64(53(35(3)4)36(5)6)63-43-32-45(52-33-37(7)46(54)50-47(52)55)62-44(43)34-58-48(38-18-13-12-14-19-38,39-20-24-41(56-8)25-21-39)40-22-26-42(57-9)27-23-40/h12-14,18-27,33,35-36,43-45H,10-11,15-17,29-32,34H2,1-9H3,(H,50,54,55). The molecule has 4 aromatic rings. The molecule has 66 heavy (non-hydrogen) atoms. The molecule has 1 saturated heterocycles.